The molecular weight excluding hydrogens is 126 g/mol. The smallest absolute Gasteiger partial charge is 0.116 e. The zero-order valence-corrected chi connectivity index (χ0v) is 5.63. The van der Waals surface area contributed by atoms with Crippen molar-refractivity contribution in [2.75, 3.05) is 12.0 Å². The molecule has 0 amide bonds. The minimum absolute atomic E-state index is 0.636. The summed E-state index contributed by atoms with van der Waals surface area (Å²) in [4.78, 5) is 0. The zero-order valence-electron chi connectivity index (χ0n) is 5.63. The molecule has 0 radical (unpaired) electrons. The van der Waals surface area contributed by atoms with Gasteiger partial charge in [0.25, 0.3) is 0 Å². The summed E-state index contributed by atoms with van der Waals surface area (Å²) in [6.07, 6.45) is 0. The summed E-state index contributed by atoms with van der Waals surface area (Å²) in [7, 11) is 0. The summed E-state index contributed by atoms with van der Waals surface area (Å²) in [5, 5.41) is 3.14. The molecular formula is C8H9NO. The molecule has 2 heteroatoms. The van der Waals surface area contributed by atoms with Crippen LogP contribution in [0.1, 0.15) is 5.56 Å². The van der Waals surface area contributed by atoms with Crippen molar-refractivity contribution in [3.8, 4) is 0 Å². The molecule has 0 saturated heterocycles. The van der Waals surface area contributed by atoms with Gasteiger partial charge in [-0.3, -0.25) is 0 Å². The first-order valence-corrected chi connectivity index (χ1v) is 3.36. The summed E-state index contributed by atoms with van der Waals surface area (Å²) in [6, 6.07) is 8.19. The largest absolute Gasteiger partial charge is 0.362 e. The van der Waals surface area contributed by atoms with Gasteiger partial charge in [-0.2, -0.15) is 0 Å². The van der Waals surface area contributed by atoms with E-state index in [-0.39, 0.29) is 0 Å². The van der Waals surface area contributed by atoms with E-state index >= 15 is 0 Å². The molecule has 52 valence electrons. The number of rotatable bonds is 0. The molecule has 1 heterocycles. The summed E-state index contributed by atoms with van der Waals surface area (Å²) < 4.78 is 5.18. The molecule has 2 rings (SSSR count). The van der Waals surface area contributed by atoms with Crippen LogP contribution in [0.4, 0.5) is 5.69 Å². The van der Waals surface area contributed by atoms with Crippen molar-refractivity contribution < 1.29 is 4.74 Å². The van der Waals surface area contributed by atoms with Crippen LogP contribution in [0.2, 0.25) is 0 Å². The lowest BCUT2D eigenvalue weighted by Crippen LogP contribution is -2.13. The van der Waals surface area contributed by atoms with E-state index in [1.54, 1.807) is 0 Å². The Bertz CT molecular complexity index is 209. The van der Waals surface area contributed by atoms with E-state index in [0.29, 0.717) is 6.73 Å². The van der Waals surface area contributed by atoms with E-state index < -0.39 is 0 Å². The molecule has 10 heavy (non-hydrogen) atoms. The highest BCUT2D eigenvalue weighted by atomic mass is 16.5. The average Bonchev–Trinajstić information content (AvgIpc) is 2.05. The topological polar surface area (TPSA) is 21.3 Å². The summed E-state index contributed by atoms with van der Waals surface area (Å²) in [5.41, 5.74) is 2.45. The molecule has 0 saturated carbocycles. The number of hydrogen-bond acceptors (Lipinski definition) is 2. The Balaban J connectivity index is 2.41. The molecule has 0 fully saturated rings. The van der Waals surface area contributed by atoms with E-state index in [1.165, 1.54) is 11.3 Å². The van der Waals surface area contributed by atoms with E-state index in [9.17, 15) is 0 Å². The second-order valence-corrected chi connectivity index (χ2v) is 2.33. The summed E-state index contributed by atoms with van der Waals surface area (Å²) in [6.45, 7) is 1.38. The van der Waals surface area contributed by atoms with E-state index in [2.05, 4.69) is 17.4 Å². The Labute approximate surface area is 59.8 Å². The van der Waals surface area contributed by atoms with Crippen molar-refractivity contribution in [1.82, 2.24) is 0 Å². The molecule has 0 bridgehead atoms. The van der Waals surface area contributed by atoms with Crippen LogP contribution >= 0.6 is 0 Å². The van der Waals surface area contributed by atoms with Gasteiger partial charge in [-0.25, -0.2) is 0 Å². The van der Waals surface area contributed by atoms with Crippen molar-refractivity contribution >= 4 is 5.69 Å². The van der Waals surface area contributed by atoms with Crippen molar-refractivity contribution in [1.29, 1.82) is 0 Å². The lowest BCUT2D eigenvalue weighted by molar-refractivity contribution is 0.130. The van der Waals surface area contributed by atoms with Crippen molar-refractivity contribution in [3.63, 3.8) is 0 Å². The zero-order chi connectivity index (χ0) is 6.81. The molecule has 2 nitrogen and oxygen atoms in total. The Morgan fingerprint density at radius 1 is 1.30 bits per heavy atom. The van der Waals surface area contributed by atoms with Crippen molar-refractivity contribution in [3.05, 3.63) is 29.8 Å². The molecule has 1 N–H and O–H groups in total. The number of para-hydroxylation sites is 1. The minimum Gasteiger partial charge on any atom is -0.362 e. The van der Waals surface area contributed by atoms with Crippen LogP contribution in [0, 0.1) is 0 Å². The van der Waals surface area contributed by atoms with Crippen LogP contribution in [0.5, 0.6) is 0 Å². The molecule has 0 aliphatic carbocycles. The number of nitrogens with one attached hydrogen (secondary N) is 1. The second kappa shape index (κ2) is 2.31. The molecule has 0 spiro atoms. The van der Waals surface area contributed by atoms with Crippen LogP contribution < -0.4 is 5.32 Å². The number of fused-ring (bicyclic) bond motifs is 1. The van der Waals surface area contributed by atoms with Gasteiger partial charge in [-0.05, 0) is 6.07 Å². The number of hydrogen-bond donors (Lipinski definition) is 1. The maximum atomic E-state index is 5.18. The number of ether oxygens (including phenoxy) is 1. The average molecular weight is 135 g/mol. The van der Waals surface area contributed by atoms with Gasteiger partial charge in [0.1, 0.15) is 6.73 Å². The third-order valence-corrected chi connectivity index (χ3v) is 1.64. The first kappa shape index (κ1) is 5.74. The number of benzene rings is 1. The molecule has 0 atom stereocenters. The Kier molecular flexibility index (Phi) is 1.32. The quantitative estimate of drug-likeness (QED) is 0.583. The highest BCUT2D eigenvalue weighted by Crippen LogP contribution is 2.18. The fourth-order valence-electron chi connectivity index (χ4n) is 1.11. The number of anilines is 1. The summed E-state index contributed by atoms with van der Waals surface area (Å²) in [5.74, 6) is 0. The fraction of sp³-hybridized carbons (Fsp3) is 0.250. The maximum Gasteiger partial charge on any atom is 0.116 e. The van der Waals surface area contributed by atoms with Gasteiger partial charge >= 0.3 is 0 Å². The summed E-state index contributed by atoms with van der Waals surface area (Å²) >= 11 is 0. The molecule has 0 aromatic heterocycles. The molecule has 1 aliphatic heterocycles. The van der Waals surface area contributed by atoms with Gasteiger partial charge in [0.2, 0.25) is 0 Å². The predicted molar refractivity (Wildman–Crippen MR) is 39.7 cm³/mol. The Hall–Kier alpha value is -1.02. The third-order valence-electron chi connectivity index (χ3n) is 1.64. The Morgan fingerprint density at radius 3 is 3.10 bits per heavy atom. The maximum absolute atomic E-state index is 5.18. The fourth-order valence-corrected chi connectivity index (χ4v) is 1.11. The second-order valence-electron chi connectivity index (χ2n) is 2.33. The van der Waals surface area contributed by atoms with Crippen molar-refractivity contribution in [2.45, 2.75) is 6.61 Å². The molecule has 1 aromatic rings. The van der Waals surface area contributed by atoms with Crippen LogP contribution in [0.15, 0.2) is 24.3 Å². The first-order chi connectivity index (χ1) is 4.97. The highest BCUT2D eigenvalue weighted by Gasteiger charge is 2.04. The molecule has 1 aliphatic rings. The molecule has 0 unspecified atom stereocenters. The molecule has 1 aromatic carbocycles. The van der Waals surface area contributed by atoms with E-state index in [0.717, 1.165) is 6.61 Å². The normalized spacial score (nSPS) is 15.6. The van der Waals surface area contributed by atoms with Gasteiger partial charge in [-0.1, -0.05) is 18.2 Å². The van der Waals surface area contributed by atoms with Crippen LogP contribution in [0.25, 0.3) is 0 Å². The first-order valence-electron chi connectivity index (χ1n) is 3.36. The van der Waals surface area contributed by atoms with Gasteiger partial charge in [0.05, 0.1) is 6.61 Å². The van der Waals surface area contributed by atoms with Crippen LogP contribution in [0.3, 0.4) is 0 Å². The SMILES string of the molecule is c1ccc2c(c1)COCN2. The van der Waals surface area contributed by atoms with E-state index in [1.807, 2.05) is 12.1 Å². The monoisotopic (exact) mass is 135 g/mol. The van der Waals surface area contributed by atoms with E-state index in [4.69, 9.17) is 4.74 Å². The van der Waals surface area contributed by atoms with Crippen LogP contribution in [-0.4, -0.2) is 6.73 Å². The Morgan fingerprint density at radius 2 is 2.20 bits per heavy atom. The van der Waals surface area contributed by atoms with Crippen molar-refractivity contribution in [2.24, 2.45) is 0 Å². The van der Waals surface area contributed by atoms with Crippen LogP contribution in [-0.2, 0) is 11.3 Å². The standard InChI is InChI=1S/C8H9NO/c1-2-4-8-7(3-1)5-10-6-9-8/h1-4,9H,5-6H2. The van der Waals surface area contributed by atoms with Gasteiger partial charge in [-0.15, -0.1) is 0 Å². The minimum atomic E-state index is 0.636. The van der Waals surface area contributed by atoms with Gasteiger partial charge < -0.3 is 10.1 Å². The highest BCUT2D eigenvalue weighted by molar-refractivity contribution is 5.51. The third kappa shape index (κ3) is 0.866. The van der Waals surface area contributed by atoms with Gasteiger partial charge in [0, 0.05) is 11.3 Å². The van der Waals surface area contributed by atoms with Gasteiger partial charge in [0.15, 0.2) is 0 Å². The lowest BCUT2D eigenvalue weighted by atomic mass is 10.2. The lowest BCUT2D eigenvalue weighted by Gasteiger charge is -2.17. The predicted octanol–water partition coefficient (Wildman–Crippen LogP) is 1.59.